The van der Waals surface area contributed by atoms with E-state index in [1.165, 1.54) is 5.56 Å². The molecule has 1 saturated heterocycles. The van der Waals surface area contributed by atoms with Crippen LogP contribution in [-0.4, -0.2) is 35.5 Å². The summed E-state index contributed by atoms with van der Waals surface area (Å²) in [6.45, 7) is 6.38. The molecular weight excluding hydrogens is 280 g/mol. The van der Waals surface area contributed by atoms with Gasteiger partial charge >= 0.3 is 0 Å². The van der Waals surface area contributed by atoms with E-state index in [1.54, 1.807) is 0 Å². The number of pyridine rings is 1. The van der Waals surface area contributed by atoms with Crippen molar-refractivity contribution in [3.63, 3.8) is 0 Å². The maximum Gasteiger partial charge on any atom is 0.128 e. The fraction of sp³-hybridized carbons (Fsp3) is 0.706. The first-order chi connectivity index (χ1) is 10.1. The highest BCUT2D eigenvalue weighted by molar-refractivity contribution is 7.97. The number of piperidine rings is 1. The molecule has 0 unspecified atom stereocenters. The number of rotatable bonds is 6. The Morgan fingerprint density at radius 1 is 1.33 bits per heavy atom. The number of hydrogen-bond donors (Lipinski definition) is 1. The van der Waals surface area contributed by atoms with Crippen LogP contribution in [0.15, 0.2) is 18.3 Å². The van der Waals surface area contributed by atoms with Crippen LogP contribution in [0.1, 0.15) is 38.7 Å². The molecular formula is C17H28N2OS. The van der Waals surface area contributed by atoms with E-state index >= 15 is 0 Å². The lowest BCUT2D eigenvalue weighted by atomic mass is 9.87. The lowest BCUT2D eigenvalue weighted by Gasteiger charge is -2.35. The largest absolute Gasteiger partial charge is 0.393 e. The van der Waals surface area contributed by atoms with Crippen LogP contribution in [0, 0.1) is 11.8 Å². The first-order valence-electron chi connectivity index (χ1n) is 7.97. The zero-order chi connectivity index (χ0) is 15.2. The summed E-state index contributed by atoms with van der Waals surface area (Å²) in [5.41, 5.74) is 1.29. The van der Waals surface area contributed by atoms with Gasteiger partial charge in [-0.25, -0.2) is 4.98 Å². The Hall–Kier alpha value is -0.740. The second-order valence-corrected chi connectivity index (χ2v) is 7.35. The number of hydrogen-bond acceptors (Lipinski definition) is 4. The van der Waals surface area contributed by atoms with E-state index in [0.29, 0.717) is 11.8 Å². The first kappa shape index (κ1) is 16.6. The van der Waals surface area contributed by atoms with E-state index in [0.717, 1.165) is 43.9 Å². The number of nitrogens with zero attached hydrogens (tertiary/aromatic N) is 2. The molecule has 4 heteroatoms. The molecule has 0 spiro atoms. The maximum absolute atomic E-state index is 10.3. The quantitative estimate of drug-likeness (QED) is 0.871. The Balaban J connectivity index is 1.85. The van der Waals surface area contributed by atoms with Crippen molar-refractivity contribution in [3.05, 3.63) is 23.9 Å². The van der Waals surface area contributed by atoms with Crippen molar-refractivity contribution >= 4 is 17.6 Å². The van der Waals surface area contributed by atoms with E-state index in [1.807, 2.05) is 18.0 Å². The summed E-state index contributed by atoms with van der Waals surface area (Å²) >= 11 is 1.82. The van der Waals surface area contributed by atoms with E-state index in [2.05, 4.69) is 42.1 Å². The van der Waals surface area contributed by atoms with Crippen molar-refractivity contribution in [2.45, 2.75) is 45.0 Å². The van der Waals surface area contributed by atoms with E-state index in [-0.39, 0.29) is 6.10 Å². The number of aliphatic hydroxyl groups is 1. The third kappa shape index (κ3) is 4.89. The molecule has 1 fully saturated rings. The topological polar surface area (TPSA) is 36.4 Å². The molecule has 1 atom stereocenters. The predicted octanol–water partition coefficient (Wildman–Crippen LogP) is 3.57. The number of aromatic nitrogens is 1. The van der Waals surface area contributed by atoms with Crippen LogP contribution >= 0.6 is 11.8 Å². The van der Waals surface area contributed by atoms with Gasteiger partial charge in [0.05, 0.1) is 6.10 Å². The fourth-order valence-electron chi connectivity index (χ4n) is 3.04. The smallest absolute Gasteiger partial charge is 0.128 e. The summed E-state index contributed by atoms with van der Waals surface area (Å²) in [6, 6.07) is 4.31. The van der Waals surface area contributed by atoms with Gasteiger partial charge in [0.2, 0.25) is 0 Å². The first-order valence-corrected chi connectivity index (χ1v) is 9.36. The van der Waals surface area contributed by atoms with Crippen LogP contribution in [0.25, 0.3) is 0 Å². The molecule has 0 radical (unpaired) electrons. The normalized spacial score (nSPS) is 18.2. The molecule has 2 heterocycles. The molecule has 0 bridgehead atoms. The predicted molar refractivity (Wildman–Crippen MR) is 91.9 cm³/mol. The van der Waals surface area contributed by atoms with Gasteiger partial charge in [-0.3, -0.25) is 0 Å². The Labute approximate surface area is 133 Å². The molecule has 3 nitrogen and oxygen atoms in total. The molecule has 1 aliphatic heterocycles. The molecule has 2 rings (SSSR count). The average molecular weight is 308 g/mol. The van der Waals surface area contributed by atoms with Gasteiger partial charge in [0.1, 0.15) is 5.82 Å². The number of aliphatic hydroxyl groups excluding tert-OH is 1. The molecule has 1 aliphatic rings. The highest BCUT2D eigenvalue weighted by Gasteiger charge is 2.26. The van der Waals surface area contributed by atoms with Gasteiger partial charge in [-0.15, -0.1) is 0 Å². The van der Waals surface area contributed by atoms with Crippen LogP contribution in [-0.2, 0) is 5.75 Å². The molecule has 1 aromatic heterocycles. The lowest BCUT2D eigenvalue weighted by Crippen LogP contribution is -2.38. The summed E-state index contributed by atoms with van der Waals surface area (Å²) in [7, 11) is 0. The van der Waals surface area contributed by atoms with E-state index in [4.69, 9.17) is 0 Å². The average Bonchev–Trinajstić information content (AvgIpc) is 2.48. The SMILES string of the molecule is CSCc1ccc(N2CCC([C@@H](O)CC(C)C)CC2)nc1. The second-order valence-electron chi connectivity index (χ2n) is 6.48. The molecule has 1 N–H and O–H groups in total. The molecule has 0 amide bonds. The van der Waals surface area contributed by atoms with Crippen molar-refractivity contribution in [2.24, 2.45) is 11.8 Å². The van der Waals surface area contributed by atoms with Crippen LogP contribution in [0.2, 0.25) is 0 Å². The Kier molecular flexibility index (Phi) is 6.37. The molecule has 0 saturated carbocycles. The van der Waals surface area contributed by atoms with Crippen molar-refractivity contribution in [2.75, 3.05) is 24.2 Å². The minimum Gasteiger partial charge on any atom is -0.393 e. The zero-order valence-corrected chi connectivity index (χ0v) is 14.3. The molecule has 0 aromatic carbocycles. The van der Waals surface area contributed by atoms with E-state index < -0.39 is 0 Å². The Morgan fingerprint density at radius 3 is 2.57 bits per heavy atom. The lowest BCUT2D eigenvalue weighted by molar-refractivity contribution is 0.0734. The van der Waals surface area contributed by atoms with Gasteiger partial charge in [0.15, 0.2) is 0 Å². The minimum atomic E-state index is -0.135. The fourth-order valence-corrected chi connectivity index (χ4v) is 3.55. The highest BCUT2D eigenvalue weighted by Crippen LogP contribution is 2.27. The van der Waals surface area contributed by atoms with Gasteiger partial charge < -0.3 is 10.0 Å². The van der Waals surface area contributed by atoms with E-state index in [9.17, 15) is 5.11 Å². The Bertz CT molecular complexity index is 413. The molecule has 21 heavy (non-hydrogen) atoms. The Morgan fingerprint density at radius 2 is 2.05 bits per heavy atom. The van der Waals surface area contributed by atoms with Crippen LogP contribution in [0.4, 0.5) is 5.82 Å². The maximum atomic E-state index is 10.3. The monoisotopic (exact) mass is 308 g/mol. The third-order valence-corrected chi connectivity index (χ3v) is 4.86. The van der Waals surface area contributed by atoms with Crippen LogP contribution < -0.4 is 4.90 Å². The van der Waals surface area contributed by atoms with Crippen LogP contribution in [0.3, 0.4) is 0 Å². The third-order valence-electron chi connectivity index (χ3n) is 4.24. The van der Waals surface area contributed by atoms with Crippen molar-refractivity contribution in [3.8, 4) is 0 Å². The zero-order valence-electron chi connectivity index (χ0n) is 13.5. The molecule has 118 valence electrons. The number of anilines is 1. The van der Waals surface area contributed by atoms with Crippen LogP contribution in [0.5, 0.6) is 0 Å². The standard InChI is InChI=1S/C17H28N2OS/c1-13(2)10-16(20)15-6-8-19(9-7-15)17-5-4-14(11-18-17)12-21-3/h4-5,11,13,15-16,20H,6-10,12H2,1-3H3/t16-/m0/s1. The molecule has 1 aromatic rings. The minimum absolute atomic E-state index is 0.135. The van der Waals surface area contributed by atoms with Crippen molar-refractivity contribution in [1.82, 2.24) is 4.98 Å². The summed E-state index contributed by atoms with van der Waals surface area (Å²) in [5, 5.41) is 10.3. The summed E-state index contributed by atoms with van der Waals surface area (Å²) < 4.78 is 0. The molecule has 0 aliphatic carbocycles. The second kappa shape index (κ2) is 8.04. The summed E-state index contributed by atoms with van der Waals surface area (Å²) in [4.78, 5) is 6.94. The van der Waals surface area contributed by atoms with Crippen molar-refractivity contribution < 1.29 is 5.11 Å². The summed E-state index contributed by atoms with van der Waals surface area (Å²) in [6.07, 6.45) is 7.03. The van der Waals surface area contributed by atoms with Gasteiger partial charge in [-0.2, -0.15) is 11.8 Å². The van der Waals surface area contributed by atoms with Gasteiger partial charge in [0.25, 0.3) is 0 Å². The van der Waals surface area contributed by atoms with Gasteiger partial charge in [0, 0.05) is 25.0 Å². The van der Waals surface area contributed by atoms with Gasteiger partial charge in [-0.05, 0) is 49.0 Å². The summed E-state index contributed by atoms with van der Waals surface area (Å²) in [5.74, 6) is 3.14. The highest BCUT2D eigenvalue weighted by atomic mass is 32.2. The van der Waals surface area contributed by atoms with Crippen molar-refractivity contribution in [1.29, 1.82) is 0 Å². The number of thioether (sulfide) groups is 1. The van der Waals surface area contributed by atoms with Gasteiger partial charge in [-0.1, -0.05) is 19.9 Å².